The van der Waals surface area contributed by atoms with Crippen molar-refractivity contribution in [2.45, 2.75) is 19.3 Å². The third kappa shape index (κ3) is 3.94. The van der Waals surface area contributed by atoms with Gasteiger partial charge in [0.1, 0.15) is 11.6 Å². The molecule has 2 aromatic rings. The van der Waals surface area contributed by atoms with Crippen LogP contribution in [0.3, 0.4) is 0 Å². The molecule has 1 saturated carbocycles. The smallest absolute Gasteiger partial charge is 0.256 e. The molecule has 32 heavy (non-hydrogen) atoms. The van der Waals surface area contributed by atoms with Crippen molar-refractivity contribution in [2.24, 2.45) is 11.3 Å². The lowest BCUT2D eigenvalue weighted by Crippen LogP contribution is -2.50. The maximum Gasteiger partial charge on any atom is 0.256 e. The van der Waals surface area contributed by atoms with Crippen LogP contribution in [0.25, 0.3) is 0 Å². The molecule has 168 valence electrons. The predicted octanol–water partition coefficient (Wildman–Crippen LogP) is 3.47. The van der Waals surface area contributed by atoms with Crippen LogP contribution in [-0.2, 0) is 4.79 Å². The Morgan fingerprint density at radius 3 is 2.44 bits per heavy atom. The van der Waals surface area contributed by atoms with Gasteiger partial charge in [0.15, 0.2) is 0 Å². The highest BCUT2D eigenvalue weighted by molar-refractivity contribution is 6.31. The largest absolute Gasteiger partial charge is 0.353 e. The highest BCUT2D eigenvalue weighted by Gasteiger charge is 2.59. The molecule has 1 atom stereocenters. The van der Waals surface area contributed by atoms with Crippen molar-refractivity contribution < 1.29 is 14.0 Å². The molecule has 1 spiro atoms. The van der Waals surface area contributed by atoms with Crippen LogP contribution < -0.4 is 4.90 Å². The number of pyridine rings is 1. The number of likely N-dealkylation sites (tertiary alicyclic amines) is 1. The first-order chi connectivity index (χ1) is 15.5. The fourth-order valence-electron chi connectivity index (χ4n) is 5.15. The Hall–Kier alpha value is -2.67. The van der Waals surface area contributed by atoms with Crippen LogP contribution >= 0.6 is 11.6 Å². The monoisotopic (exact) mass is 456 g/mol. The van der Waals surface area contributed by atoms with E-state index in [0.717, 1.165) is 38.2 Å². The first kappa shape index (κ1) is 21.2. The second-order valence-corrected chi connectivity index (χ2v) is 9.47. The van der Waals surface area contributed by atoms with Crippen LogP contribution in [0.4, 0.5) is 10.2 Å². The summed E-state index contributed by atoms with van der Waals surface area (Å²) < 4.78 is 14.1. The third-order valence-electron chi connectivity index (χ3n) is 7.26. The zero-order valence-corrected chi connectivity index (χ0v) is 18.6. The first-order valence-electron chi connectivity index (χ1n) is 11.2. The van der Waals surface area contributed by atoms with Crippen molar-refractivity contribution in [1.82, 2.24) is 14.8 Å². The molecular weight excluding hydrogens is 431 g/mol. The molecule has 1 aromatic heterocycles. The Labute approximate surface area is 192 Å². The van der Waals surface area contributed by atoms with E-state index in [0.29, 0.717) is 31.2 Å². The zero-order chi connectivity index (χ0) is 22.3. The summed E-state index contributed by atoms with van der Waals surface area (Å²) in [6.45, 7) is 4.08. The minimum Gasteiger partial charge on any atom is -0.353 e. The van der Waals surface area contributed by atoms with Gasteiger partial charge < -0.3 is 14.7 Å². The zero-order valence-electron chi connectivity index (χ0n) is 17.8. The van der Waals surface area contributed by atoms with Crippen LogP contribution in [0.15, 0.2) is 42.6 Å². The van der Waals surface area contributed by atoms with E-state index in [1.165, 1.54) is 18.2 Å². The van der Waals surface area contributed by atoms with Gasteiger partial charge in [0.25, 0.3) is 5.91 Å². The minimum absolute atomic E-state index is 0.00113. The number of piperazine rings is 1. The van der Waals surface area contributed by atoms with Crippen LogP contribution in [0.2, 0.25) is 5.02 Å². The molecule has 0 radical (unpaired) electrons. The Morgan fingerprint density at radius 2 is 1.75 bits per heavy atom. The third-order valence-corrected chi connectivity index (χ3v) is 7.49. The lowest BCUT2D eigenvalue weighted by Gasteiger charge is -2.37. The number of benzene rings is 1. The van der Waals surface area contributed by atoms with E-state index in [-0.39, 0.29) is 28.7 Å². The highest BCUT2D eigenvalue weighted by Crippen LogP contribution is 2.60. The second-order valence-electron chi connectivity index (χ2n) is 9.04. The number of carbonyl (C=O) groups excluding carboxylic acids is 2. The number of nitrogens with zero attached hydrogens (tertiary/aromatic N) is 4. The summed E-state index contributed by atoms with van der Waals surface area (Å²) >= 11 is 5.94. The van der Waals surface area contributed by atoms with E-state index in [4.69, 9.17) is 11.6 Å². The molecular formula is C24H26ClFN4O2. The SMILES string of the molecule is O=C(c1cc(Cl)ccc1F)N1CCC2(CC1)C[C@H]2C(=O)N1CCN(c2ccccn2)CC1. The van der Waals surface area contributed by atoms with Crippen LogP contribution in [0, 0.1) is 17.2 Å². The number of rotatable bonds is 3. The van der Waals surface area contributed by atoms with Gasteiger partial charge in [-0.15, -0.1) is 0 Å². The van der Waals surface area contributed by atoms with Gasteiger partial charge in [0.05, 0.1) is 5.56 Å². The average Bonchev–Trinajstić information content (AvgIpc) is 3.53. The van der Waals surface area contributed by atoms with Crippen LogP contribution in [-0.4, -0.2) is 65.9 Å². The molecule has 0 bridgehead atoms. The summed E-state index contributed by atoms with van der Waals surface area (Å²) in [6.07, 6.45) is 4.25. The number of hydrogen-bond acceptors (Lipinski definition) is 4. The van der Waals surface area contributed by atoms with E-state index in [9.17, 15) is 14.0 Å². The van der Waals surface area contributed by atoms with Crippen molar-refractivity contribution in [3.8, 4) is 0 Å². The molecule has 6 nitrogen and oxygen atoms in total. The van der Waals surface area contributed by atoms with E-state index in [2.05, 4.69) is 9.88 Å². The Balaban J connectivity index is 1.15. The van der Waals surface area contributed by atoms with Crippen molar-refractivity contribution in [2.75, 3.05) is 44.2 Å². The normalized spacial score (nSPS) is 22.2. The molecule has 0 N–H and O–H groups in total. The topological polar surface area (TPSA) is 56.8 Å². The number of halogens is 2. The molecule has 5 rings (SSSR count). The molecule has 2 amide bonds. The molecule has 0 unspecified atom stereocenters. The lowest BCUT2D eigenvalue weighted by molar-refractivity contribution is -0.134. The Kier molecular flexibility index (Phi) is 5.53. The standard InChI is InChI=1S/C24H26ClFN4O2/c25-17-4-5-20(26)18(15-17)22(31)29-9-6-24(7-10-29)16-19(24)23(32)30-13-11-28(12-14-30)21-3-1-2-8-27-21/h1-5,8,15,19H,6-7,9-14,16H2/t19-/m0/s1. The van der Waals surface area contributed by atoms with Gasteiger partial charge in [-0.05, 0) is 55.0 Å². The summed E-state index contributed by atoms with van der Waals surface area (Å²) in [5.41, 5.74) is 0.0152. The predicted molar refractivity (Wildman–Crippen MR) is 120 cm³/mol. The molecule has 1 aliphatic carbocycles. The van der Waals surface area contributed by atoms with Crippen molar-refractivity contribution >= 4 is 29.2 Å². The summed E-state index contributed by atoms with van der Waals surface area (Å²) in [6, 6.07) is 9.93. The second kappa shape index (κ2) is 8.35. The lowest BCUT2D eigenvalue weighted by atomic mass is 9.90. The minimum atomic E-state index is -0.552. The average molecular weight is 457 g/mol. The van der Waals surface area contributed by atoms with Gasteiger partial charge >= 0.3 is 0 Å². The van der Waals surface area contributed by atoms with Crippen molar-refractivity contribution in [1.29, 1.82) is 0 Å². The maximum atomic E-state index is 14.1. The quantitative estimate of drug-likeness (QED) is 0.709. The number of carbonyl (C=O) groups is 2. The van der Waals surface area contributed by atoms with E-state index >= 15 is 0 Å². The molecule has 8 heteroatoms. The van der Waals surface area contributed by atoms with Gasteiger partial charge in [-0.25, -0.2) is 9.37 Å². The maximum absolute atomic E-state index is 14.1. The molecule has 3 fully saturated rings. The van der Waals surface area contributed by atoms with Gasteiger partial charge in [-0.1, -0.05) is 17.7 Å². The van der Waals surface area contributed by atoms with Crippen molar-refractivity contribution in [3.05, 3.63) is 59.0 Å². The van der Waals surface area contributed by atoms with Gasteiger partial charge in [-0.3, -0.25) is 9.59 Å². The number of hydrogen-bond donors (Lipinski definition) is 0. The van der Waals surface area contributed by atoms with E-state index < -0.39 is 5.82 Å². The van der Waals surface area contributed by atoms with E-state index in [1.807, 2.05) is 23.1 Å². The molecule has 3 aliphatic rings. The number of amides is 2. The summed E-state index contributed by atoms with van der Waals surface area (Å²) in [7, 11) is 0. The van der Waals surface area contributed by atoms with Gasteiger partial charge in [-0.2, -0.15) is 0 Å². The summed E-state index contributed by atoms with van der Waals surface area (Å²) in [5, 5.41) is 0.347. The number of piperidine rings is 1. The Morgan fingerprint density at radius 1 is 1.00 bits per heavy atom. The Bertz CT molecular complexity index is 1020. The van der Waals surface area contributed by atoms with Crippen LogP contribution in [0.5, 0.6) is 0 Å². The fourth-order valence-corrected chi connectivity index (χ4v) is 5.33. The van der Waals surface area contributed by atoms with E-state index in [1.54, 1.807) is 11.1 Å². The molecule has 3 heterocycles. The molecule has 1 aromatic carbocycles. The summed E-state index contributed by atoms with van der Waals surface area (Å²) in [4.78, 5) is 36.2. The van der Waals surface area contributed by atoms with Crippen molar-refractivity contribution in [3.63, 3.8) is 0 Å². The first-order valence-corrected chi connectivity index (χ1v) is 11.5. The summed E-state index contributed by atoms with van der Waals surface area (Å²) in [5.74, 6) is 0.365. The fraction of sp³-hybridized carbons (Fsp3) is 0.458. The van der Waals surface area contributed by atoms with Gasteiger partial charge in [0, 0.05) is 56.4 Å². The number of anilines is 1. The molecule has 2 saturated heterocycles. The number of aromatic nitrogens is 1. The van der Waals surface area contributed by atoms with Crippen LogP contribution in [0.1, 0.15) is 29.6 Å². The highest BCUT2D eigenvalue weighted by atomic mass is 35.5. The molecule has 2 aliphatic heterocycles. The van der Waals surface area contributed by atoms with Gasteiger partial charge in [0.2, 0.25) is 5.91 Å².